The van der Waals surface area contributed by atoms with Crippen LogP contribution in [0.15, 0.2) is 32.7 Å². The van der Waals surface area contributed by atoms with E-state index in [1.807, 2.05) is 0 Å². The number of hydrogen-bond donors (Lipinski definition) is 1. The molecule has 0 saturated heterocycles. The minimum atomic E-state index is -4.00. The Hall–Kier alpha value is -2.50. The van der Waals surface area contributed by atoms with Crippen LogP contribution >= 0.6 is 0 Å². The third kappa shape index (κ3) is 4.32. The molecule has 1 heterocycles. The lowest BCUT2D eigenvalue weighted by Crippen LogP contribution is -2.39. The van der Waals surface area contributed by atoms with E-state index in [-0.39, 0.29) is 16.8 Å². The van der Waals surface area contributed by atoms with Crippen LogP contribution in [0, 0.1) is 0 Å². The van der Waals surface area contributed by atoms with Crippen LogP contribution in [0.2, 0.25) is 0 Å². The smallest absolute Gasteiger partial charge is 0.330 e. The predicted molar refractivity (Wildman–Crippen MR) is 104 cm³/mol. The molecule has 0 aliphatic rings. The van der Waals surface area contributed by atoms with Gasteiger partial charge in [-0.2, -0.15) is 4.31 Å². The first kappa shape index (κ1) is 21.8. The lowest BCUT2D eigenvalue weighted by atomic mass is 10.2. The van der Waals surface area contributed by atoms with Gasteiger partial charge < -0.3 is 10.1 Å². The maximum atomic E-state index is 12.8. The van der Waals surface area contributed by atoms with Crippen molar-refractivity contribution in [2.45, 2.75) is 11.3 Å². The maximum Gasteiger partial charge on any atom is 0.330 e. The van der Waals surface area contributed by atoms with Gasteiger partial charge in [0.15, 0.2) is 0 Å². The van der Waals surface area contributed by atoms with E-state index in [4.69, 9.17) is 4.74 Å². The van der Waals surface area contributed by atoms with Crippen LogP contribution in [0.3, 0.4) is 0 Å². The van der Waals surface area contributed by atoms with Gasteiger partial charge in [-0.1, -0.05) is 0 Å². The van der Waals surface area contributed by atoms with Crippen molar-refractivity contribution in [1.82, 2.24) is 18.8 Å². The van der Waals surface area contributed by atoms with Gasteiger partial charge in [0.2, 0.25) is 15.9 Å². The van der Waals surface area contributed by atoms with Gasteiger partial charge in [0.25, 0.3) is 5.56 Å². The van der Waals surface area contributed by atoms with Gasteiger partial charge >= 0.3 is 5.69 Å². The Labute approximate surface area is 162 Å². The summed E-state index contributed by atoms with van der Waals surface area (Å²) in [6.07, 6.45) is 0.616. The summed E-state index contributed by atoms with van der Waals surface area (Å²) in [5.74, 6) is -0.443. The average Bonchev–Trinajstić information content (AvgIpc) is 2.67. The van der Waals surface area contributed by atoms with Crippen molar-refractivity contribution >= 4 is 26.8 Å². The summed E-state index contributed by atoms with van der Waals surface area (Å²) in [5.41, 5.74) is -0.769. The molecule has 0 spiro atoms. The highest BCUT2D eigenvalue weighted by Crippen LogP contribution is 2.18. The third-order valence-electron chi connectivity index (χ3n) is 4.36. The highest BCUT2D eigenvalue weighted by Gasteiger charge is 2.24. The zero-order chi connectivity index (χ0) is 21.1. The van der Waals surface area contributed by atoms with Crippen LogP contribution in [-0.4, -0.2) is 61.6 Å². The van der Waals surface area contributed by atoms with E-state index in [1.165, 1.54) is 43.9 Å². The largest absolute Gasteiger partial charge is 0.385 e. The monoisotopic (exact) mass is 412 g/mol. The minimum absolute atomic E-state index is 0.100. The summed E-state index contributed by atoms with van der Waals surface area (Å²) in [6.45, 7) is 0.502. The number of amides is 1. The molecule has 11 heteroatoms. The zero-order valence-corrected chi connectivity index (χ0v) is 17.1. The molecule has 1 amide bonds. The number of hydrogen-bond acceptors (Lipinski definition) is 6. The number of nitrogens with zero attached hydrogens (tertiary/aromatic N) is 3. The Balaban J connectivity index is 2.30. The molecule has 0 aliphatic carbocycles. The summed E-state index contributed by atoms with van der Waals surface area (Å²) in [5, 5.41) is 2.72. The molecule has 0 saturated carbocycles. The molecule has 28 heavy (non-hydrogen) atoms. The lowest BCUT2D eigenvalue weighted by Gasteiger charge is -2.17. The van der Waals surface area contributed by atoms with Crippen molar-refractivity contribution in [3.05, 3.63) is 39.0 Å². The van der Waals surface area contributed by atoms with Gasteiger partial charge in [-0.3, -0.25) is 18.7 Å². The van der Waals surface area contributed by atoms with E-state index >= 15 is 0 Å². The van der Waals surface area contributed by atoms with Crippen LogP contribution in [0.25, 0.3) is 10.9 Å². The summed E-state index contributed by atoms with van der Waals surface area (Å²) in [6, 6.07) is 3.94. The molecular weight excluding hydrogens is 388 g/mol. The van der Waals surface area contributed by atoms with Crippen molar-refractivity contribution < 1.29 is 17.9 Å². The third-order valence-corrected chi connectivity index (χ3v) is 6.16. The van der Waals surface area contributed by atoms with Gasteiger partial charge in [0, 0.05) is 41.4 Å². The van der Waals surface area contributed by atoms with Crippen LogP contribution in [-0.2, 0) is 33.7 Å². The van der Waals surface area contributed by atoms with E-state index in [0.717, 1.165) is 8.87 Å². The van der Waals surface area contributed by atoms with Gasteiger partial charge in [0.1, 0.15) is 0 Å². The summed E-state index contributed by atoms with van der Waals surface area (Å²) in [4.78, 5) is 36.2. The van der Waals surface area contributed by atoms with Crippen LogP contribution in [0.4, 0.5) is 0 Å². The predicted octanol–water partition coefficient (Wildman–Crippen LogP) is -0.990. The Kier molecular flexibility index (Phi) is 6.75. The SMILES string of the molecule is COCCCNC(=O)CN(C)S(=O)(=O)c1ccc2c(c1)c(=O)n(C)c(=O)n2C. The van der Waals surface area contributed by atoms with E-state index < -0.39 is 27.2 Å². The Bertz CT molecular complexity index is 1100. The molecule has 0 aliphatic heterocycles. The first-order valence-corrected chi connectivity index (χ1v) is 9.97. The Morgan fingerprint density at radius 1 is 1.21 bits per heavy atom. The molecule has 2 rings (SSSR count). The standard InChI is InChI=1S/C17H24N4O6S/c1-19(11-15(22)18-8-5-9-27-4)28(25,26)12-6-7-14-13(10-12)16(23)21(3)17(24)20(14)2/h6-7,10H,5,8-9,11H2,1-4H3,(H,18,22). The van der Waals surface area contributed by atoms with Crippen LogP contribution in [0.1, 0.15) is 6.42 Å². The van der Waals surface area contributed by atoms with Crippen molar-refractivity contribution in [2.75, 3.05) is 33.9 Å². The summed E-state index contributed by atoms with van der Waals surface area (Å²) in [7, 11) is 1.66. The number of benzene rings is 1. The number of rotatable bonds is 8. The van der Waals surface area contributed by atoms with Gasteiger partial charge in [-0.25, -0.2) is 13.2 Å². The number of fused-ring (bicyclic) bond motifs is 1. The number of likely N-dealkylation sites (N-methyl/N-ethyl adjacent to an activating group) is 1. The van der Waals surface area contributed by atoms with E-state index in [2.05, 4.69) is 5.32 Å². The molecular formula is C17H24N4O6S. The zero-order valence-electron chi connectivity index (χ0n) is 16.3. The Morgan fingerprint density at radius 2 is 1.89 bits per heavy atom. The number of methoxy groups -OCH3 is 1. The second-order valence-electron chi connectivity index (χ2n) is 6.34. The molecule has 154 valence electrons. The fraction of sp³-hybridized carbons (Fsp3) is 0.471. The second kappa shape index (κ2) is 8.67. The molecule has 1 aromatic heterocycles. The molecule has 0 radical (unpaired) electrons. The van der Waals surface area contributed by atoms with Gasteiger partial charge in [-0.05, 0) is 24.6 Å². The summed E-state index contributed by atoms with van der Waals surface area (Å²) < 4.78 is 33.5. The van der Waals surface area contributed by atoms with Crippen molar-refractivity contribution in [3.8, 4) is 0 Å². The number of carbonyl (C=O) groups excluding carboxylic acids is 1. The normalized spacial score (nSPS) is 11.9. The molecule has 2 aromatic rings. The van der Waals surface area contributed by atoms with Crippen LogP contribution in [0.5, 0.6) is 0 Å². The van der Waals surface area contributed by atoms with Crippen LogP contribution < -0.4 is 16.6 Å². The minimum Gasteiger partial charge on any atom is -0.385 e. The van der Waals surface area contributed by atoms with E-state index in [0.29, 0.717) is 25.1 Å². The first-order chi connectivity index (χ1) is 13.1. The van der Waals surface area contributed by atoms with Crippen molar-refractivity contribution in [1.29, 1.82) is 0 Å². The topological polar surface area (TPSA) is 120 Å². The number of sulfonamides is 1. The van der Waals surface area contributed by atoms with Gasteiger partial charge in [0.05, 0.1) is 22.3 Å². The second-order valence-corrected chi connectivity index (χ2v) is 8.39. The van der Waals surface area contributed by atoms with E-state index in [1.54, 1.807) is 7.11 Å². The fourth-order valence-corrected chi connectivity index (χ4v) is 3.86. The highest BCUT2D eigenvalue weighted by molar-refractivity contribution is 7.89. The molecule has 0 unspecified atom stereocenters. The number of nitrogens with one attached hydrogen (secondary N) is 1. The number of aryl methyl sites for hydroxylation is 1. The maximum absolute atomic E-state index is 12.8. The number of carbonyl (C=O) groups is 1. The Morgan fingerprint density at radius 3 is 2.54 bits per heavy atom. The molecule has 1 N–H and O–H groups in total. The molecule has 0 bridgehead atoms. The molecule has 0 atom stereocenters. The quantitative estimate of drug-likeness (QED) is 0.556. The summed E-state index contributed by atoms with van der Waals surface area (Å²) >= 11 is 0. The van der Waals surface area contributed by atoms with Crippen molar-refractivity contribution in [3.63, 3.8) is 0 Å². The fourth-order valence-electron chi connectivity index (χ4n) is 2.70. The highest BCUT2D eigenvalue weighted by atomic mass is 32.2. The van der Waals surface area contributed by atoms with Crippen molar-refractivity contribution in [2.24, 2.45) is 14.1 Å². The van der Waals surface area contributed by atoms with E-state index in [9.17, 15) is 22.8 Å². The number of ether oxygens (including phenoxy) is 1. The molecule has 0 fully saturated rings. The molecule has 1 aromatic carbocycles. The molecule has 10 nitrogen and oxygen atoms in total. The number of aromatic nitrogens is 2. The lowest BCUT2D eigenvalue weighted by molar-refractivity contribution is -0.121. The first-order valence-electron chi connectivity index (χ1n) is 8.53. The average molecular weight is 412 g/mol. The van der Waals surface area contributed by atoms with Gasteiger partial charge in [-0.15, -0.1) is 0 Å².